The van der Waals surface area contributed by atoms with Crippen molar-refractivity contribution in [3.05, 3.63) is 81.5 Å². The molecule has 1 aromatic heterocycles. The van der Waals surface area contributed by atoms with E-state index in [2.05, 4.69) is 17.3 Å². The maximum Gasteiger partial charge on any atom is 0.256 e. The van der Waals surface area contributed by atoms with Gasteiger partial charge in [-0.25, -0.2) is 0 Å². The number of benzene rings is 2. The fraction of sp³-hybridized carbons (Fsp3) is 0.158. The first-order valence-electron chi connectivity index (χ1n) is 7.93. The molecule has 1 heterocycles. The molecule has 0 aliphatic heterocycles. The molecule has 0 unspecified atom stereocenters. The summed E-state index contributed by atoms with van der Waals surface area (Å²) in [6.45, 7) is 2.61. The van der Waals surface area contributed by atoms with Crippen molar-refractivity contribution in [2.45, 2.75) is 19.9 Å². The number of anilines is 1. The molecule has 0 saturated carbocycles. The molecule has 0 aliphatic rings. The van der Waals surface area contributed by atoms with Crippen LogP contribution in [0, 0.1) is 0 Å². The van der Waals surface area contributed by atoms with E-state index in [0.29, 0.717) is 28.0 Å². The maximum atomic E-state index is 12.3. The van der Waals surface area contributed by atoms with Crippen LogP contribution < -0.4 is 5.32 Å². The average molecular weight is 374 g/mol. The van der Waals surface area contributed by atoms with Gasteiger partial charge in [-0.15, -0.1) is 0 Å². The van der Waals surface area contributed by atoms with Crippen LogP contribution in [0.15, 0.2) is 54.7 Å². The predicted molar refractivity (Wildman–Crippen MR) is 102 cm³/mol. The topological polar surface area (TPSA) is 46.9 Å². The first-order chi connectivity index (χ1) is 12.0. The molecule has 3 aromatic rings. The minimum Gasteiger partial charge on any atom is -0.304 e. The summed E-state index contributed by atoms with van der Waals surface area (Å²) >= 11 is 12.1. The molecule has 0 spiro atoms. The van der Waals surface area contributed by atoms with Crippen LogP contribution in [0.1, 0.15) is 28.4 Å². The molecule has 0 bridgehead atoms. The van der Waals surface area contributed by atoms with Gasteiger partial charge in [0.2, 0.25) is 0 Å². The second kappa shape index (κ2) is 7.72. The number of halogens is 2. The first kappa shape index (κ1) is 17.5. The highest BCUT2D eigenvalue weighted by atomic mass is 35.5. The smallest absolute Gasteiger partial charge is 0.256 e. The summed E-state index contributed by atoms with van der Waals surface area (Å²) in [6, 6.07) is 15.0. The Labute approximate surface area is 156 Å². The van der Waals surface area contributed by atoms with Crippen LogP contribution in [0.4, 0.5) is 5.82 Å². The van der Waals surface area contributed by atoms with Crippen LogP contribution in [-0.2, 0) is 13.0 Å². The van der Waals surface area contributed by atoms with Gasteiger partial charge < -0.3 is 5.32 Å². The van der Waals surface area contributed by atoms with Gasteiger partial charge in [-0.05, 0) is 41.8 Å². The lowest BCUT2D eigenvalue weighted by molar-refractivity contribution is 0.102. The molecule has 2 aromatic carbocycles. The van der Waals surface area contributed by atoms with Crippen molar-refractivity contribution < 1.29 is 4.79 Å². The van der Waals surface area contributed by atoms with E-state index in [1.807, 2.05) is 36.4 Å². The third-order valence-electron chi connectivity index (χ3n) is 3.83. The molecule has 1 amide bonds. The number of amides is 1. The average Bonchev–Trinajstić information content (AvgIpc) is 2.96. The fourth-order valence-corrected chi connectivity index (χ4v) is 2.73. The van der Waals surface area contributed by atoms with E-state index < -0.39 is 0 Å². The monoisotopic (exact) mass is 373 g/mol. The summed E-state index contributed by atoms with van der Waals surface area (Å²) in [5, 5.41) is 8.18. The molecular weight excluding hydrogens is 357 g/mol. The minimum absolute atomic E-state index is 0.235. The summed E-state index contributed by atoms with van der Waals surface area (Å²) in [4.78, 5) is 12.3. The molecule has 3 rings (SSSR count). The highest BCUT2D eigenvalue weighted by Crippen LogP contribution is 2.21. The molecule has 6 heteroatoms. The zero-order valence-electron chi connectivity index (χ0n) is 13.7. The quantitative estimate of drug-likeness (QED) is 0.679. The number of aromatic nitrogens is 2. The van der Waals surface area contributed by atoms with Gasteiger partial charge in [0.15, 0.2) is 5.82 Å². The lowest BCUT2D eigenvalue weighted by Gasteiger charge is -2.04. The lowest BCUT2D eigenvalue weighted by Crippen LogP contribution is -2.13. The van der Waals surface area contributed by atoms with Crippen LogP contribution >= 0.6 is 23.2 Å². The standard InChI is InChI=1S/C19H17Cl2N3O/c1-2-13-3-7-15(8-4-13)19(25)22-18-17(21)12-24(23-18)11-14-5-9-16(20)10-6-14/h3-10,12H,2,11H2,1H3,(H,22,23,25). The van der Waals surface area contributed by atoms with E-state index in [4.69, 9.17) is 23.2 Å². The molecule has 0 radical (unpaired) electrons. The normalized spacial score (nSPS) is 10.7. The maximum absolute atomic E-state index is 12.3. The Hall–Kier alpha value is -2.30. The number of rotatable bonds is 5. The van der Waals surface area contributed by atoms with Gasteiger partial charge in [0, 0.05) is 16.8 Å². The van der Waals surface area contributed by atoms with Crippen LogP contribution in [0.5, 0.6) is 0 Å². The Kier molecular flexibility index (Phi) is 5.41. The van der Waals surface area contributed by atoms with Crippen molar-refractivity contribution in [3.8, 4) is 0 Å². The van der Waals surface area contributed by atoms with Gasteiger partial charge in [0.1, 0.15) is 5.02 Å². The van der Waals surface area contributed by atoms with E-state index in [1.54, 1.807) is 23.0 Å². The van der Waals surface area contributed by atoms with Crippen LogP contribution in [0.3, 0.4) is 0 Å². The van der Waals surface area contributed by atoms with E-state index in [1.165, 1.54) is 5.56 Å². The Morgan fingerprint density at radius 3 is 2.32 bits per heavy atom. The highest BCUT2D eigenvalue weighted by molar-refractivity contribution is 6.33. The zero-order chi connectivity index (χ0) is 17.8. The Morgan fingerprint density at radius 2 is 1.68 bits per heavy atom. The summed E-state index contributed by atoms with van der Waals surface area (Å²) in [5.41, 5.74) is 2.79. The Morgan fingerprint density at radius 1 is 1.04 bits per heavy atom. The number of aryl methyl sites for hydroxylation is 1. The Bertz CT molecular complexity index is 871. The van der Waals surface area contributed by atoms with E-state index in [0.717, 1.165) is 12.0 Å². The number of carbonyl (C=O) groups excluding carboxylic acids is 1. The van der Waals surface area contributed by atoms with Crippen molar-refractivity contribution in [3.63, 3.8) is 0 Å². The van der Waals surface area contributed by atoms with Crippen LogP contribution in [0.2, 0.25) is 10.0 Å². The van der Waals surface area contributed by atoms with E-state index in [9.17, 15) is 4.79 Å². The lowest BCUT2D eigenvalue weighted by atomic mass is 10.1. The third-order valence-corrected chi connectivity index (χ3v) is 4.36. The van der Waals surface area contributed by atoms with Gasteiger partial charge in [0.25, 0.3) is 5.91 Å². The molecule has 1 N–H and O–H groups in total. The van der Waals surface area contributed by atoms with Crippen LogP contribution in [0.25, 0.3) is 0 Å². The van der Waals surface area contributed by atoms with Crippen LogP contribution in [-0.4, -0.2) is 15.7 Å². The van der Waals surface area contributed by atoms with Crippen molar-refractivity contribution in [1.82, 2.24) is 9.78 Å². The summed E-state index contributed by atoms with van der Waals surface area (Å²) in [7, 11) is 0. The molecule has 128 valence electrons. The number of hydrogen-bond acceptors (Lipinski definition) is 2. The van der Waals surface area contributed by atoms with Gasteiger partial charge in [0.05, 0.1) is 6.54 Å². The molecule has 0 aliphatic carbocycles. The first-order valence-corrected chi connectivity index (χ1v) is 8.68. The van der Waals surface area contributed by atoms with Crippen molar-refractivity contribution in [2.75, 3.05) is 5.32 Å². The zero-order valence-corrected chi connectivity index (χ0v) is 15.2. The summed E-state index contributed by atoms with van der Waals surface area (Å²) in [5.74, 6) is 0.112. The number of nitrogens with one attached hydrogen (secondary N) is 1. The summed E-state index contributed by atoms with van der Waals surface area (Å²) < 4.78 is 1.68. The van der Waals surface area contributed by atoms with Gasteiger partial charge in [-0.1, -0.05) is 54.4 Å². The van der Waals surface area contributed by atoms with Crippen molar-refractivity contribution in [2.24, 2.45) is 0 Å². The van der Waals surface area contributed by atoms with E-state index >= 15 is 0 Å². The molecule has 25 heavy (non-hydrogen) atoms. The summed E-state index contributed by atoms with van der Waals surface area (Å²) in [6.07, 6.45) is 2.62. The molecule has 0 saturated heterocycles. The second-order valence-electron chi connectivity index (χ2n) is 5.65. The Balaban J connectivity index is 1.71. The predicted octanol–water partition coefficient (Wildman–Crippen LogP) is 5.05. The third kappa shape index (κ3) is 4.41. The van der Waals surface area contributed by atoms with Gasteiger partial charge >= 0.3 is 0 Å². The largest absolute Gasteiger partial charge is 0.304 e. The van der Waals surface area contributed by atoms with E-state index in [-0.39, 0.29) is 5.91 Å². The molecular formula is C19H17Cl2N3O. The van der Waals surface area contributed by atoms with Gasteiger partial charge in [-0.3, -0.25) is 9.48 Å². The SMILES string of the molecule is CCc1ccc(C(=O)Nc2nn(Cc3ccc(Cl)cc3)cc2Cl)cc1. The molecule has 4 nitrogen and oxygen atoms in total. The highest BCUT2D eigenvalue weighted by Gasteiger charge is 2.12. The van der Waals surface area contributed by atoms with Crippen molar-refractivity contribution >= 4 is 34.9 Å². The second-order valence-corrected chi connectivity index (χ2v) is 6.50. The minimum atomic E-state index is -0.235. The number of carbonyl (C=O) groups is 1. The fourth-order valence-electron chi connectivity index (χ4n) is 2.41. The molecule has 0 atom stereocenters. The van der Waals surface area contributed by atoms with Crippen molar-refractivity contribution in [1.29, 1.82) is 0 Å². The van der Waals surface area contributed by atoms with Gasteiger partial charge in [-0.2, -0.15) is 5.10 Å². The number of nitrogens with zero attached hydrogens (tertiary/aromatic N) is 2. The number of hydrogen-bond donors (Lipinski definition) is 1. The molecule has 0 fully saturated rings.